The van der Waals surface area contributed by atoms with Crippen LogP contribution in [0, 0.1) is 18.5 Å². The largest absolute Gasteiger partial charge is 0.510 e. The van der Waals surface area contributed by atoms with Gasteiger partial charge in [-0.1, -0.05) is 188 Å². The van der Waals surface area contributed by atoms with Crippen molar-refractivity contribution in [1.82, 2.24) is 14.1 Å². The maximum atomic E-state index is 9.05. The number of fused-ring (bicyclic) bond motifs is 4. The van der Waals surface area contributed by atoms with Gasteiger partial charge in [-0.3, -0.25) is 4.57 Å². The van der Waals surface area contributed by atoms with Crippen LogP contribution < -0.4 is 9.30 Å². The van der Waals surface area contributed by atoms with Gasteiger partial charge in [0.15, 0.2) is 0 Å². The summed E-state index contributed by atoms with van der Waals surface area (Å²) in [5, 5.41) is 1.98. The fourth-order valence-corrected chi connectivity index (χ4v) is 8.92. The number of imidazole rings is 1. The fraction of sp³-hybridized carbons (Fsp3) is 0.0323. The SMILES string of the molecule is [2H]c1c([2H])c([2H])c(-c2cccc(-c3c([2H])c([2H])c([2H])c([2H])c3[2H])c2-[n+]2[c-]n(-c3[c-]c(Oc4[c-]c5c(cc4)c4cc(-c6ccccc6)ccc4n5-c4cc(CC)c(-c5ccccc5)cn4)ccc3)c3ccccc32)c([2H])c1[2H].[Pt]. The zero-order valence-electron chi connectivity index (χ0n) is 46.3. The molecule has 0 fully saturated rings. The molecule has 12 aromatic rings. The van der Waals surface area contributed by atoms with Gasteiger partial charge in [0, 0.05) is 49.8 Å². The van der Waals surface area contributed by atoms with Crippen molar-refractivity contribution in [2.24, 2.45) is 0 Å². The third kappa shape index (κ3) is 7.71. The number of hydrogen-bond acceptors (Lipinski definition) is 2. The summed E-state index contributed by atoms with van der Waals surface area (Å²) in [6.45, 7) is 2.14. The minimum absolute atomic E-state index is 0. The van der Waals surface area contributed by atoms with Crippen LogP contribution in [0.25, 0.3) is 94.5 Å². The molecule has 0 bridgehead atoms. The van der Waals surface area contributed by atoms with E-state index in [1.54, 1.807) is 33.4 Å². The normalized spacial score (nSPS) is 13.3. The third-order valence-electron chi connectivity index (χ3n) is 12.0. The van der Waals surface area contributed by atoms with Crippen molar-refractivity contribution in [1.29, 1.82) is 0 Å². The number of pyridine rings is 1. The van der Waals surface area contributed by atoms with Crippen LogP contribution in [0.1, 0.15) is 26.2 Å². The molecule has 68 heavy (non-hydrogen) atoms. The summed E-state index contributed by atoms with van der Waals surface area (Å²) >= 11 is 0. The van der Waals surface area contributed by atoms with Crippen molar-refractivity contribution >= 4 is 32.8 Å². The monoisotopic (exact) mass is 1060 g/mol. The van der Waals surface area contributed by atoms with E-state index in [0.717, 1.165) is 61.9 Å². The van der Waals surface area contributed by atoms with Crippen molar-refractivity contribution in [3.8, 4) is 73.2 Å². The average Bonchev–Trinajstić information content (AvgIpc) is 4.22. The van der Waals surface area contributed by atoms with E-state index in [2.05, 4.69) is 78.5 Å². The molecular formula is C62H42N4OPt-2. The molecule has 0 spiro atoms. The van der Waals surface area contributed by atoms with E-state index in [4.69, 9.17) is 23.4 Å². The van der Waals surface area contributed by atoms with Crippen LogP contribution in [0.3, 0.4) is 0 Å². The van der Waals surface area contributed by atoms with Crippen LogP contribution >= 0.6 is 0 Å². The van der Waals surface area contributed by atoms with E-state index >= 15 is 0 Å². The number of rotatable bonds is 10. The van der Waals surface area contributed by atoms with Gasteiger partial charge in [-0.15, -0.1) is 29.7 Å². The number of para-hydroxylation sites is 3. The fourth-order valence-electron chi connectivity index (χ4n) is 8.92. The van der Waals surface area contributed by atoms with Crippen molar-refractivity contribution in [2.75, 3.05) is 0 Å². The minimum Gasteiger partial charge on any atom is -0.510 e. The molecule has 0 saturated carbocycles. The van der Waals surface area contributed by atoms with Gasteiger partial charge in [0.05, 0.1) is 30.4 Å². The van der Waals surface area contributed by atoms with Gasteiger partial charge in [0.1, 0.15) is 5.82 Å². The molecule has 3 heterocycles. The standard InChI is InChI=1S/C62H42N4O.Pt/c1-2-43-38-61(63-41-56(43)47-25-13-6-14-26-47)66-57-36-33-48(44-19-7-3-8-20-44)37-55(57)54-35-34-51(40-60(54)66)67-50-28-17-27-49(39-50)64-42-65(59-32-16-15-31-58(59)64)62-52(45-21-9-4-10-22-45)29-18-30-53(62)46-23-11-5-12-24-46;/h3-38,41H,2H2,1H3;/q-2;/i4D,5D,9D,10D,11D,12D,21D,22D,23D,24D;. The van der Waals surface area contributed by atoms with Crippen LogP contribution in [-0.2, 0) is 27.5 Å². The molecule has 9 aromatic carbocycles. The molecule has 0 saturated heterocycles. The van der Waals surface area contributed by atoms with E-state index in [1.165, 1.54) is 0 Å². The van der Waals surface area contributed by atoms with E-state index in [9.17, 15) is 0 Å². The first-order valence-corrected chi connectivity index (χ1v) is 21.9. The summed E-state index contributed by atoms with van der Waals surface area (Å²) in [4.78, 5) is 5.08. The Morgan fingerprint density at radius 1 is 0.559 bits per heavy atom. The van der Waals surface area contributed by atoms with Gasteiger partial charge >= 0.3 is 0 Å². The van der Waals surface area contributed by atoms with Crippen molar-refractivity contribution in [3.05, 3.63) is 248 Å². The third-order valence-corrected chi connectivity index (χ3v) is 12.0. The van der Waals surface area contributed by atoms with E-state index in [-0.39, 0.29) is 49.0 Å². The summed E-state index contributed by atoms with van der Waals surface area (Å²) in [5.74, 6) is 1.51. The number of nitrogens with zero attached hydrogens (tertiary/aromatic N) is 4. The Bertz CT molecular complexity index is 4230. The smallest absolute Gasteiger partial charge is 0.268 e. The second kappa shape index (κ2) is 18.3. The molecule has 6 heteroatoms. The number of aromatic nitrogens is 4. The molecule has 12 rings (SSSR count). The van der Waals surface area contributed by atoms with Crippen molar-refractivity contribution < 1.29 is 44.1 Å². The molecule has 0 amide bonds. The maximum absolute atomic E-state index is 9.05. The first kappa shape index (κ1) is 32.5. The summed E-state index contributed by atoms with van der Waals surface area (Å²) < 4.78 is 99.4. The molecule has 328 valence electrons. The Morgan fingerprint density at radius 2 is 1.22 bits per heavy atom. The van der Waals surface area contributed by atoms with Crippen LogP contribution in [0.4, 0.5) is 0 Å². The van der Waals surface area contributed by atoms with Gasteiger partial charge in [0.2, 0.25) is 0 Å². The molecule has 3 aromatic heterocycles. The van der Waals surface area contributed by atoms with Gasteiger partial charge in [-0.25, -0.2) is 4.98 Å². The molecule has 0 radical (unpaired) electrons. The predicted molar refractivity (Wildman–Crippen MR) is 271 cm³/mol. The van der Waals surface area contributed by atoms with Crippen molar-refractivity contribution in [2.45, 2.75) is 13.3 Å². The summed E-state index contributed by atoms with van der Waals surface area (Å²) in [6.07, 6.45) is 6.15. The molecule has 5 nitrogen and oxygen atoms in total. The van der Waals surface area contributed by atoms with E-state index < -0.39 is 60.4 Å². The van der Waals surface area contributed by atoms with Crippen LogP contribution in [0.2, 0.25) is 0 Å². The number of benzene rings is 9. The van der Waals surface area contributed by atoms with Crippen LogP contribution in [0.15, 0.2) is 224 Å². The predicted octanol–water partition coefficient (Wildman–Crippen LogP) is 14.8. The molecular weight excluding hydrogens is 1010 g/mol. The summed E-state index contributed by atoms with van der Waals surface area (Å²) in [6, 6.07) is 52.2. The molecule has 0 N–H and O–H groups in total. The Kier molecular flexibility index (Phi) is 8.75. The Hall–Kier alpha value is -8.11. The number of aryl methyl sites for hydroxylation is 1. The first-order valence-electron chi connectivity index (χ1n) is 26.9. The molecule has 0 atom stereocenters. The number of ether oxygens (including phenoxy) is 1. The summed E-state index contributed by atoms with van der Waals surface area (Å²) in [5.41, 5.74) is 8.98. The maximum Gasteiger partial charge on any atom is 0.268 e. The molecule has 0 aliphatic rings. The minimum atomic E-state index is -0.575. The second-order valence-electron chi connectivity index (χ2n) is 15.9. The molecule has 0 aliphatic heterocycles. The Morgan fingerprint density at radius 3 is 1.94 bits per heavy atom. The van der Waals surface area contributed by atoms with E-state index in [0.29, 0.717) is 28.2 Å². The topological polar surface area (TPSA) is 35.9 Å². The van der Waals surface area contributed by atoms with Crippen molar-refractivity contribution in [3.63, 3.8) is 0 Å². The first-order chi connectivity index (χ1) is 37.3. The zero-order chi connectivity index (χ0) is 53.4. The van der Waals surface area contributed by atoms with Gasteiger partial charge in [-0.2, -0.15) is 18.2 Å². The zero-order valence-corrected chi connectivity index (χ0v) is 38.6. The van der Waals surface area contributed by atoms with Crippen LogP contribution in [0.5, 0.6) is 11.5 Å². The Balaban J connectivity index is 0.00000645. The quantitative estimate of drug-likeness (QED) is 0.101. The Labute approximate surface area is 424 Å². The molecule has 0 aliphatic carbocycles. The average molecular weight is 1060 g/mol. The molecule has 0 unspecified atom stereocenters. The van der Waals surface area contributed by atoms with Crippen LogP contribution in [-0.4, -0.2) is 14.1 Å². The summed E-state index contributed by atoms with van der Waals surface area (Å²) in [7, 11) is 0. The van der Waals surface area contributed by atoms with Gasteiger partial charge in [-0.05, 0) is 74.1 Å². The van der Waals surface area contributed by atoms with E-state index in [1.807, 2.05) is 91.1 Å². The second-order valence-corrected chi connectivity index (χ2v) is 15.9. The number of hydrogen-bond donors (Lipinski definition) is 0. The van der Waals surface area contributed by atoms with Gasteiger partial charge < -0.3 is 13.9 Å². The van der Waals surface area contributed by atoms with Gasteiger partial charge in [0.25, 0.3) is 6.33 Å².